The Labute approximate surface area is 201 Å². The highest BCUT2D eigenvalue weighted by Gasteiger charge is 2.47. The van der Waals surface area contributed by atoms with Crippen molar-refractivity contribution in [2.75, 3.05) is 12.0 Å². The molecule has 4 rings (SSSR count). The largest absolute Gasteiger partial charge is 0.507 e. The van der Waals surface area contributed by atoms with Gasteiger partial charge in [-0.25, -0.2) is 0 Å². The number of methoxy groups -OCH3 is 1. The Morgan fingerprint density at radius 2 is 1.67 bits per heavy atom. The fourth-order valence-electron chi connectivity index (χ4n) is 4.11. The summed E-state index contributed by atoms with van der Waals surface area (Å²) in [6, 6.07) is 16.4. The summed E-state index contributed by atoms with van der Waals surface area (Å²) in [5.41, 5.74) is 3.13. The number of Topliss-reactive ketones (excluding diaryl/α,β-unsaturated/α-hetero) is 1. The zero-order valence-corrected chi connectivity index (χ0v) is 19.7. The maximum absolute atomic E-state index is 13.3. The van der Waals surface area contributed by atoms with Crippen LogP contribution < -0.4 is 9.64 Å². The van der Waals surface area contributed by atoms with Crippen molar-refractivity contribution >= 4 is 46.3 Å². The summed E-state index contributed by atoms with van der Waals surface area (Å²) in [5.74, 6) is -1.19. The van der Waals surface area contributed by atoms with E-state index in [0.717, 1.165) is 5.56 Å². The number of aliphatic hydroxyl groups is 1. The van der Waals surface area contributed by atoms with Gasteiger partial charge in [-0.1, -0.05) is 53.0 Å². The lowest BCUT2D eigenvalue weighted by Crippen LogP contribution is -2.29. The molecule has 1 atom stereocenters. The summed E-state index contributed by atoms with van der Waals surface area (Å²) >= 11 is 12.4. The number of carbonyl (C=O) groups excluding carboxylic acids is 2. The van der Waals surface area contributed by atoms with Crippen LogP contribution in [-0.2, 0) is 9.59 Å². The molecule has 3 aromatic rings. The highest BCUT2D eigenvalue weighted by molar-refractivity contribution is 6.52. The third-order valence-electron chi connectivity index (χ3n) is 5.62. The number of amides is 1. The summed E-state index contributed by atoms with van der Waals surface area (Å²) in [7, 11) is 1.55. The van der Waals surface area contributed by atoms with E-state index in [9.17, 15) is 14.7 Å². The quantitative estimate of drug-likeness (QED) is 0.271. The molecule has 1 aliphatic rings. The van der Waals surface area contributed by atoms with E-state index < -0.39 is 17.7 Å². The van der Waals surface area contributed by atoms with Crippen LogP contribution in [0.5, 0.6) is 5.75 Å². The molecule has 1 heterocycles. The number of rotatable bonds is 4. The van der Waals surface area contributed by atoms with Gasteiger partial charge >= 0.3 is 0 Å². The summed E-state index contributed by atoms with van der Waals surface area (Å²) < 4.78 is 5.24. The predicted octanol–water partition coefficient (Wildman–Crippen LogP) is 6.25. The molecule has 0 bridgehead atoms. The second-order valence-electron chi connectivity index (χ2n) is 7.89. The van der Waals surface area contributed by atoms with Crippen LogP contribution in [0.4, 0.5) is 5.69 Å². The zero-order chi connectivity index (χ0) is 23.9. The van der Waals surface area contributed by atoms with Crippen LogP contribution in [0.3, 0.4) is 0 Å². The first-order valence-electron chi connectivity index (χ1n) is 10.2. The summed E-state index contributed by atoms with van der Waals surface area (Å²) in [5, 5.41) is 12.0. The van der Waals surface area contributed by atoms with E-state index in [1.807, 2.05) is 31.2 Å². The Morgan fingerprint density at radius 1 is 0.970 bits per heavy atom. The van der Waals surface area contributed by atoms with Crippen LogP contribution in [0.2, 0.25) is 10.0 Å². The maximum atomic E-state index is 13.3. The van der Waals surface area contributed by atoms with Gasteiger partial charge in [0, 0.05) is 21.3 Å². The van der Waals surface area contributed by atoms with Crippen LogP contribution in [0.25, 0.3) is 5.76 Å². The number of aryl methyl sites for hydroxylation is 2. The molecule has 0 spiro atoms. The topological polar surface area (TPSA) is 66.8 Å². The molecule has 1 N–H and O–H groups in total. The molecule has 1 unspecified atom stereocenters. The highest BCUT2D eigenvalue weighted by atomic mass is 35.5. The molecule has 0 aromatic heterocycles. The minimum Gasteiger partial charge on any atom is -0.507 e. The van der Waals surface area contributed by atoms with E-state index >= 15 is 0 Å². The molecule has 7 heteroatoms. The van der Waals surface area contributed by atoms with Crippen molar-refractivity contribution in [3.8, 4) is 5.75 Å². The Hall–Kier alpha value is -3.28. The van der Waals surface area contributed by atoms with E-state index in [1.54, 1.807) is 50.4 Å². The summed E-state index contributed by atoms with van der Waals surface area (Å²) in [4.78, 5) is 27.9. The van der Waals surface area contributed by atoms with Gasteiger partial charge in [0.15, 0.2) is 0 Å². The van der Waals surface area contributed by atoms with E-state index in [1.165, 1.54) is 4.90 Å². The fourth-order valence-corrected chi connectivity index (χ4v) is 4.62. The molecule has 1 aliphatic heterocycles. The molecular formula is C26H21Cl2NO4. The second kappa shape index (κ2) is 8.93. The molecule has 1 fully saturated rings. The Morgan fingerprint density at radius 3 is 2.27 bits per heavy atom. The molecule has 168 valence electrons. The van der Waals surface area contributed by atoms with E-state index in [-0.39, 0.29) is 11.3 Å². The third-order valence-corrected chi connectivity index (χ3v) is 6.05. The van der Waals surface area contributed by atoms with Crippen molar-refractivity contribution < 1.29 is 19.4 Å². The first-order valence-corrected chi connectivity index (χ1v) is 11.0. The van der Waals surface area contributed by atoms with Gasteiger partial charge in [0.1, 0.15) is 11.5 Å². The average molecular weight is 482 g/mol. The number of nitrogens with zero attached hydrogens (tertiary/aromatic N) is 1. The van der Waals surface area contributed by atoms with E-state index in [4.69, 9.17) is 27.9 Å². The van der Waals surface area contributed by atoms with Gasteiger partial charge in [0.05, 0.1) is 18.7 Å². The number of anilines is 1. The van der Waals surface area contributed by atoms with Crippen LogP contribution in [0.15, 0.2) is 66.2 Å². The smallest absolute Gasteiger partial charge is 0.300 e. The number of halogens is 2. The lowest BCUT2D eigenvalue weighted by molar-refractivity contribution is -0.132. The second-order valence-corrected chi connectivity index (χ2v) is 8.76. The van der Waals surface area contributed by atoms with Crippen molar-refractivity contribution in [1.82, 2.24) is 0 Å². The SMILES string of the molecule is COc1ccc(/C(O)=C2/C(=O)C(=O)N(c3cc(Cl)cc(Cl)c3)C2c2cccc(C)c2)c(C)c1. The number of ether oxygens (including phenoxy) is 1. The molecule has 3 aromatic carbocycles. The first kappa shape index (κ1) is 22.9. The van der Waals surface area contributed by atoms with Gasteiger partial charge < -0.3 is 9.84 Å². The number of benzene rings is 3. The maximum Gasteiger partial charge on any atom is 0.300 e. The van der Waals surface area contributed by atoms with E-state index in [2.05, 4.69) is 0 Å². The first-order chi connectivity index (χ1) is 15.7. The van der Waals surface area contributed by atoms with Gasteiger partial charge in [-0.2, -0.15) is 0 Å². The zero-order valence-electron chi connectivity index (χ0n) is 18.2. The van der Waals surface area contributed by atoms with Crippen LogP contribution >= 0.6 is 23.2 Å². The number of ketones is 1. The van der Waals surface area contributed by atoms with Crippen molar-refractivity contribution in [2.24, 2.45) is 0 Å². The van der Waals surface area contributed by atoms with Crippen molar-refractivity contribution in [1.29, 1.82) is 0 Å². The fraction of sp³-hybridized carbons (Fsp3) is 0.154. The standard InChI is InChI=1S/C26H21Cl2NO4/c1-14-5-4-6-16(9-14)23-22(24(30)21-8-7-20(33-3)10-15(21)2)25(31)26(32)29(23)19-12-17(27)11-18(28)13-19/h4-13,23,30H,1-3H3/b24-22-. The van der Waals surface area contributed by atoms with Gasteiger partial charge in [-0.15, -0.1) is 0 Å². The van der Waals surface area contributed by atoms with Gasteiger partial charge in [0.25, 0.3) is 11.7 Å². The van der Waals surface area contributed by atoms with Gasteiger partial charge in [-0.05, 0) is 61.4 Å². The van der Waals surface area contributed by atoms with Crippen molar-refractivity contribution in [2.45, 2.75) is 19.9 Å². The molecule has 0 radical (unpaired) electrons. The summed E-state index contributed by atoms with van der Waals surface area (Å²) in [6.07, 6.45) is 0. The number of hydrogen-bond donors (Lipinski definition) is 1. The van der Waals surface area contributed by atoms with Crippen LogP contribution in [-0.4, -0.2) is 23.9 Å². The lowest BCUT2D eigenvalue weighted by atomic mass is 9.93. The molecule has 1 saturated heterocycles. The molecule has 5 nitrogen and oxygen atoms in total. The Bertz CT molecular complexity index is 1300. The van der Waals surface area contributed by atoms with Gasteiger partial charge in [-0.3, -0.25) is 14.5 Å². The lowest BCUT2D eigenvalue weighted by Gasteiger charge is -2.26. The molecule has 0 saturated carbocycles. The minimum atomic E-state index is -0.860. The monoisotopic (exact) mass is 481 g/mol. The van der Waals surface area contributed by atoms with E-state index in [0.29, 0.717) is 38.2 Å². The van der Waals surface area contributed by atoms with Crippen molar-refractivity contribution in [3.05, 3.63) is 98.5 Å². The number of hydrogen-bond acceptors (Lipinski definition) is 4. The normalized spacial score (nSPS) is 17.5. The molecule has 1 amide bonds. The highest BCUT2D eigenvalue weighted by Crippen LogP contribution is 2.44. The number of carbonyl (C=O) groups is 2. The van der Waals surface area contributed by atoms with Crippen LogP contribution in [0, 0.1) is 13.8 Å². The molecule has 33 heavy (non-hydrogen) atoms. The minimum absolute atomic E-state index is 0.00466. The predicted molar refractivity (Wildman–Crippen MR) is 130 cm³/mol. The average Bonchev–Trinajstić information content (AvgIpc) is 3.03. The van der Waals surface area contributed by atoms with Gasteiger partial charge in [0.2, 0.25) is 0 Å². The van der Waals surface area contributed by atoms with Crippen LogP contribution in [0.1, 0.15) is 28.3 Å². The number of aliphatic hydroxyl groups excluding tert-OH is 1. The third kappa shape index (κ3) is 4.22. The molecule has 0 aliphatic carbocycles. The molecular weight excluding hydrogens is 461 g/mol. The Kier molecular flexibility index (Phi) is 6.19. The van der Waals surface area contributed by atoms with Crippen molar-refractivity contribution in [3.63, 3.8) is 0 Å². The Balaban J connectivity index is 1.98. The summed E-state index contributed by atoms with van der Waals surface area (Å²) in [6.45, 7) is 3.71.